The number of para-hydroxylation sites is 2. The number of nitrogens with zero attached hydrogens (tertiary/aromatic N) is 6. The first kappa shape index (κ1) is 33.9. The molecule has 1 N–H and O–H groups in total. The molecule has 0 spiro atoms. The third-order valence-corrected chi connectivity index (χ3v) is 11.7. The van der Waals surface area contributed by atoms with Crippen molar-refractivity contribution < 1.29 is 0 Å². The summed E-state index contributed by atoms with van der Waals surface area (Å²) in [4.78, 5) is 20.0. The lowest BCUT2D eigenvalue weighted by Gasteiger charge is -2.15. The summed E-state index contributed by atoms with van der Waals surface area (Å²) in [5.74, 6) is 0. The number of benzene rings is 5. The summed E-state index contributed by atoms with van der Waals surface area (Å²) in [6.07, 6.45) is 9.95. The minimum Gasteiger partial charge on any atom is -0.385 e. The molecule has 0 unspecified atom stereocenters. The maximum atomic E-state index is 5.33. The van der Waals surface area contributed by atoms with Crippen LogP contribution in [-0.2, 0) is 6.54 Å². The van der Waals surface area contributed by atoms with E-state index in [1.54, 1.807) is 0 Å². The van der Waals surface area contributed by atoms with Crippen LogP contribution in [0.5, 0.6) is 0 Å². The van der Waals surface area contributed by atoms with Gasteiger partial charge in [-0.05, 0) is 96.0 Å². The Balaban J connectivity index is 0.980. The molecule has 11 aromatic rings. The van der Waals surface area contributed by atoms with Gasteiger partial charge in [0.2, 0.25) is 0 Å². The van der Waals surface area contributed by atoms with E-state index in [9.17, 15) is 0 Å². The highest BCUT2D eigenvalue weighted by molar-refractivity contribution is 6.07. The quantitative estimate of drug-likeness (QED) is 0.182. The molecule has 1 aliphatic rings. The molecule has 1 aliphatic heterocycles. The molecule has 0 bridgehead atoms. The zero-order valence-electron chi connectivity index (χ0n) is 32.4. The highest BCUT2D eigenvalue weighted by Gasteiger charge is 2.20. The fourth-order valence-corrected chi connectivity index (χ4v) is 8.97. The van der Waals surface area contributed by atoms with Gasteiger partial charge in [0.15, 0.2) is 0 Å². The van der Waals surface area contributed by atoms with E-state index in [-0.39, 0.29) is 0 Å². The fourth-order valence-electron chi connectivity index (χ4n) is 8.97. The smallest absolute Gasteiger partial charge is 0.0963 e. The first-order valence-electron chi connectivity index (χ1n) is 20.2. The molecule has 6 aromatic heterocycles. The molecule has 5 aromatic carbocycles. The van der Waals surface area contributed by atoms with Gasteiger partial charge in [0.1, 0.15) is 0 Å². The summed E-state index contributed by atoms with van der Waals surface area (Å²) >= 11 is 0. The van der Waals surface area contributed by atoms with E-state index in [4.69, 9.17) is 15.0 Å². The lowest BCUT2D eigenvalue weighted by Crippen LogP contribution is -2.13. The number of pyridine rings is 4. The number of fused-ring (bicyclic) bond motifs is 7. The Labute approximate surface area is 345 Å². The van der Waals surface area contributed by atoms with Gasteiger partial charge in [0.05, 0.1) is 57.1 Å². The van der Waals surface area contributed by atoms with Crippen LogP contribution in [0.3, 0.4) is 0 Å². The molecule has 60 heavy (non-hydrogen) atoms. The van der Waals surface area contributed by atoms with Crippen molar-refractivity contribution in [1.29, 1.82) is 0 Å². The van der Waals surface area contributed by atoms with E-state index in [1.807, 2.05) is 30.9 Å². The normalized spacial score (nSPS) is 12.3. The molecule has 282 valence electrons. The molecule has 7 nitrogen and oxygen atoms in total. The number of aromatic nitrogens is 6. The summed E-state index contributed by atoms with van der Waals surface area (Å²) < 4.78 is 4.65. The molecule has 0 fully saturated rings. The molecule has 0 saturated heterocycles. The topological polar surface area (TPSA) is 73.5 Å². The van der Waals surface area contributed by atoms with Crippen LogP contribution in [0.25, 0.3) is 106 Å². The lowest BCUT2D eigenvalue weighted by atomic mass is 9.98. The van der Waals surface area contributed by atoms with Crippen molar-refractivity contribution in [2.45, 2.75) is 6.54 Å². The van der Waals surface area contributed by atoms with Crippen LogP contribution in [0.1, 0.15) is 11.3 Å². The Morgan fingerprint density at radius 3 is 2.12 bits per heavy atom. The van der Waals surface area contributed by atoms with Crippen LogP contribution in [-0.4, -0.2) is 29.1 Å². The van der Waals surface area contributed by atoms with Crippen molar-refractivity contribution in [3.05, 3.63) is 200 Å². The molecule has 0 aliphatic carbocycles. The number of nitrogens with one attached hydrogen (secondary N) is 1. The van der Waals surface area contributed by atoms with Crippen molar-refractivity contribution in [2.24, 2.45) is 0 Å². The Morgan fingerprint density at radius 1 is 0.483 bits per heavy atom. The molecule has 0 radical (unpaired) electrons. The van der Waals surface area contributed by atoms with Crippen molar-refractivity contribution in [1.82, 2.24) is 34.4 Å². The number of hydrogen-bond acceptors (Lipinski definition) is 5. The average molecular weight is 770 g/mol. The molecule has 7 heterocycles. The zero-order chi connectivity index (χ0) is 39.6. The van der Waals surface area contributed by atoms with Gasteiger partial charge in [-0.3, -0.25) is 9.97 Å². The first-order chi connectivity index (χ1) is 29.7. The third kappa shape index (κ3) is 5.51. The summed E-state index contributed by atoms with van der Waals surface area (Å²) in [5, 5.41) is 8.02. The summed E-state index contributed by atoms with van der Waals surface area (Å²) in [6.45, 7) is 0.759. The van der Waals surface area contributed by atoms with Crippen molar-refractivity contribution in [2.75, 3.05) is 0 Å². The van der Waals surface area contributed by atoms with E-state index in [1.165, 1.54) is 22.2 Å². The minimum absolute atomic E-state index is 0.759. The maximum absolute atomic E-state index is 5.33. The van der Waals surface area contributed by atoms with Gasteiger partial charge in [-0.2, -0.15) is 0 Å². The van der Waals surface area contributed by atoms with Gasteiger partial charge in [0.25, 0.3) is 0 Å². The van der Waals surface area contributed by atoms with Gasteiger partial charge in [-0.15, -0.1) is 0 Å². The molecule has 12 rings (SSSR count). The predicted octanol–water partition coefficient (Wildman–Crippen LogP) is 12.2. The standard InChI is InChI=1S/C53H35N7/c1-2-13-40-36(10-1)31-55-32-44(40)37-29-47(34-21-23-38(24-22-34)59-50-19-6-4-15-43(50)53-51(59)20-9-26-56-53)58-48(30-37)46-17-8-16-45(57-46)35-11-7-12-39(28-35)60-49-18-5-3-14-41(49)42-25-27-54-33-52(42)60/h1-32,54H,33H2. The monoisotopic (exact) mass is 769 g/mol. The van der Waals surface area contributed by atoms with Crippen LogP contribution in [0.2, 0.25) is 0 Å². The second-order valence-electron chi connectivity index (χ2n) is 15.2. The highest BCUT2D eigenvalue weighted by Crippen LogP contribution is 2.37. The molecular formula is C53H35N7. The van der Waals surface area contributed by atoms with E-state index in [2.05, 4.69) is 183 Å². The van der Waals surface area contributed by atoms with Crippen LogP contribution in [0, 0.1) is 0 Å². The van der Waals surface area contributed by atoms with Crippen molar-refractivity contribution in [3.8, 4) is 56.4 Å². The minimum atomic E-state index is 0.759. The van der Waals surface area contributed by atoms with E-state index in [0.717, 1.165) is 95.7 Å². The number of rotatable bonds is 6. The van der Waals surface area contributed by atoms with Crippen molar-refractivity contribution in [3.63, 3.8) is 0 Å². The van der Waals surface area contributed by atoms with E-state index in [0.29, 0.717) is 0 Å². The van der Waals surface area contributed by atoms with Gasteiger partial charge >= 0.3 is 0 Å². The molecule has 7 heteroatoms. The van der Waals surface area contributed by atoms with Crippen LogP contribution < -0.4 is 5.32 Å². The van der Waals surface area contributed by atoms with Crippen molar-refractivity contribution >= 4 is 49.7 Å². The van der Waals surface area contributed by atoms with Gasteiger partial charge in [0, 0.05) is 68.4 Å². The molecule has 0 amide bonds. The van der Waals surface area contributed by atoms with Gasteiger partial charge in [-0.25, -0.2) is 9.97 Å². The lowest BCUT2D eigenvalue weighted by molar-refractivity contribution is 0.803. The third-order valence-electron chi connectivity index (χ3n) is 11.7. The largest absolute Gasteiger partial charge is 0.385 e. The Bertz CT molecular complexity index is 3440. The zero-order valence-corrected chi connectivity index (χ0v) is 32.4. The summed E-state index contributed by atoms with van der Waals surface area (Å²) in [6, 6.07) is 57.5. The fraction of sp³-hybridized carbons (Fsp3) is 0.0189. The van der Waals surface area contributed by atoms with Gasteiger partial charge in [-0.1, -0.05) is 91.0 Å². The van der Waals surface area contributed by atoms with Crippen LogP contribution in [0.4, 0.5) is 0 Å². The molecular weight excluding hydrogens is 735 g/mol. The highest BCUT2D eigenvalue weighted by atomic mass is 15.0. The average Bonchev–Trinajstić information content (AvgIpc) is 3.84. The molecule has 0 saturated carbocycles. The Morgan fingerprint density at radius 2 is 1.22 bits per heavy atom. The Kier molecular flexibility index (Phi) is 7.78. The van der Waals surface area contributed by atoms with E-state index < -0.39 is 0 Å². The first-order valence-corrected chi connectivity index (χ1v) is 20.2. The second-order valence-corrected chi connectivity index (χ2v) is 15.2. The van der Waals surface area contributed by atoms with Crippen LogP contribution in [0.15, 0.2) is 189 Å². The Hall–Kier alpha value is -8.16. The van der Waals surface area contributed by atoms with Crippen LogP contribution >= 0.6 is 0 Å². The van der Waals surface area contributed by atoms with Gasteiger partial charge < -0.3 is 14.5 Å². The maximum Gasteiger partial charge on any atom is 0.0963 e. The summed E-state index contributed by atoms with van der Waals surface area (Å²) in [7, 11) is 0. The summed E-state index contributed by atoms with van der Waals surface area (Å²) in [5.41, 5.74) is 16.5. The van der Waals surface area contributed by atoms with E-state index >= 15 is 0 Å². The predicted molar refractivity (Wildman–Crippen MR) is 244 cm³/mol. The second kappa shape index (κ2) is 13.7. The number of hydrogen-bond donors (Lipinski definition) is 1. The molecule has 0 atom stereocenters. The SMILES string of the molecule is C1=Cc2c(n(-c3cccc(-c4cccc(-c5cc(-c6cncc7ccccc67)cc(-c6ccc(-n7c8ccccc8c8ncccc87)cc6)n5)n4)c3)c3ccccc23)CN1.